The summed E-state index contributed by atoms with van der Waals surface area (Å²) in [5, 5.41) is 0. The van der Waals surface area contributed by atoms with E-state index in [-0.39, 0.29) is 0 Å². The molecule has 0 saturated heterocycles. The van der Waals surface area contributed by atoms with Gasteiger partial charge in [-0.05, 0) is 48.6 Å². The van der Waals surface area contributed by atoms with Crippen LogP contribution in [0.1, 0.15) is 71.3 Å². The Morgan fingerprint density at radius 1 is 0.885 bits per heavy atom. The van der Waals surface area contributed by atoms with Crippen LogP contribution in [0.2, 0.25) is 0 Å². The number of hydrogen-bond donors (Lipinski definition) is 0. The molecule has 1 aromatic carbocycles. The van der Waals surface area contributed by atoms with Crippen LogP contribution in [0.15, 0.2) is 36.7 Å². The van der Waals surface area contributed by atoms with Gasteiger partial charge in [-0.3, -0.25) is 0 Å². The molecular weight excluding hydrogens is 320 g/mol. The zero-order valence-corrected chi connectivity index (χ0v) is 16.7. The van der Waals surface area contributed by atoms with E-state index in [9.17, 15) is 0 Å². The number of rotatable bonds is 12. The first-order valence-electron chi connectivity index (χ1n) is 10.3. The Kier molecular flexibility index (Phi) is 9.16. The van der Waals surface area contributed by atoms with Gasteiger partial charge in [-0.15, -0.1) is 0 Å². The molecule has 0 aliphatic heterocycles. The molecule has 3 nitrogen and oxygen atoms in total. The third kappa shape index (κ3) is 7.15. The number of hydrogen-bond acceptors (Lipinski definition) is 3. The van der Waals surface area contributed by atoms with Crippen LogP contribution in [0.3, 0.4) is 0 Å². The molecule has 2 aromatic rings. The Morgan fingerprint density at radius 3 is 2.19 bits per heavy atom. The second-order valence-electron chi connectivity index (χ2n) is 7.28. The maximum absolute atomic E-state index is 5.81. The van der Waals surface area contributed by atoms with Crippen LogP contribution >= 0.6 is 0 Å². The van der Waals surface area contributed by atoms with Gasteiger partial charge in [-0.1, -0.05) is 59.3 Å². The van der Waals surface area contributed by atoms with Gasteiger partial charge >= 0.3 is 0 Å². The number of benzene rings is 1. The molecule has 1 heterocycles. The molecule has 26 heavy (non-hydrogen) atoms. The Morgan fingerprint density at radius 2 is 1.54 bits per heavy atom. The first kappa shape index (κ1) is 20.4. The predicted octanol–water partition coefficient (Wildman–Crippen LogP) is 6.47. The minimum Gasteiger partial charge on any atom is -0.493 e. The van der Waals surface area contributed by atoms with Gasteiger partial charge in [0.05, 0.1) is 6.61 Å². The topological polar surface area (TPSA) is 35.0 Å². The van der Waals surface area contributed by atoms with Crippen molar-refractivity contribution in [3.63, 3.8) is 0 Å². The Labute approximate surface area is 159 Å². The van der Waals surface area contributed by atoms with E-state index in [1.54, 1.807) is 0 Å². The monoisotopic (exact) mass is 354 g/mol. The summed E-state index contributed by atoms with van der Waals surface area (Å²) in [6.07, 6.45) is 14.1. The Hall–Kier alpha value is -1.90. The molecule has 0 spiro atoms. The quantitative estimate of drug-likeness (QED) is 0.410. The van der Waals surface area contributed by atoms with E-state index in [0.717, 1.165) is 36.6 Å². The van der Waals surface area contributed by atoms with Crippen molar-refractivity contribution in [3.8, 4) is 17.1 Å². The van der Waals surface area contributed by atoms with E-state index >= 15 is 0 Å². The molecule has 0 amide bonds. The summed E-state index contributed by atoms with van der Waals surface area (Å²) in [5.74, 6) is 2.27. The summed E-state index contributed by atoms with van der Waals surface area (Å²) >= 11 is 0. The van der Waals surface area contributed by atoms with Gasteiger partial charge in [-0.25, -0.2) is 9.97 Å². The van der Waals surface area contributed by atoms with Crippen molar-refractivity contribution in [1.82, 2.24) is 9.97 Å². The minimum atomic E-state index is 0.581. The largest absolute Gasteiger partial charge is 0.493 e. The van der Waals surface area contributed by atoms with Gasteiger partial charge in [0.2, 0.25) is 0 Å². The number of ether oxygens (including phenoxy) is 1. The van der Waals surface area contributed by atoms with Gasteiger partial charge in [0, 0.05) is 18.0 Å². The Balaban J connectivity index is 1.80. The molecule has 0 bridgehead atoms. The van der Waals surface area contributed by atoms with Crippen LogP contribution in [0, 0.1) is 5.92 Å². The third-order valence-electron chi connectivity index (χ3n) is 4.87. The first-order chi connectivity index (χ1) is 12.7. The molecular formula is C23H34N2O. The molecule has 1 atom stereocenters. The van der Waals surface area contributed by atoms with Crippen molar-refractivity contribution in [3.05, 3.63) is 42.2 Å². The number of nitrogens with zero attached hydrogens (tertiary/aromatic N) is 2. The average molecular weight is 355 g/mol. The van der Waals surface area contributed by atoms with E-state index < -0.39 is 0 Å². The van der Waals surface area contributed by atoms with Gasteiger partial charge in [-0.2, -0.15) is 0 Å². The summed E-state index contributed by atoms with van der Waals surface area (Å²) in [6, 6.07) is 8.08. The van der Waals surface area contributed by atoms with Crippen LogP contribution in [-0.2, 0) is 6.42 Å². The summed E-state index contributed by atoms with van der Waals surface area (Å²) in [6.45, 7) is 7.41. The number of aromatic nitrogens is 2. The molecule has 2 rings (SSSR count). The summed E-state index contributed by atoms with van der Waals surface area (Å²) in [4.78, 5) is 9.08. The zero-order chi connectivity index (χ0) is 18.6. The van der Waals surface area contributed by atoms with Crippen LogP contribution in [0.5, 0.6) is 5.75 Å². The lowest BCUT2D eigenvalue weighted by Crippen LogP contribution is -2.07. The van der Waals surface area contributed by atoms with Crippen molar-refractivity contribution < 1.29 is 4.74 Å². The Bertz CT molecular complexity index is 607. The molecule has 1 aromatic heterocycles. The predicted molar refractivity (Wildman–Crippen MR) is 109 cm³/mol. The maximum atomic E-state index is 5.81. The summed E-state index contributed by atoms with van der Waals surface area (Å²) in [5.41, 5.74) is 2.27. The lowest BCUT2D eigenvalue weighted by Gasteiger charge is -2.11. The van der Waals surface area contributed by atoms with Crippen molar-refractivity contribution in [2.75, 3.05) is 6.61 Å². The lowest BCUT2D eigenvalue weighted by atomic mass is 10.1. The standard InChI is InChI=1S/C23H34N2O/c1-4-6-7-8-9-10-11-20-16-24-23(25-17-20)21-12-14-22(15-13-21)26-18-19(3)5-2/h12-17,19H,4-11,18H2,1-3H3. The molecule has 0 N–H and O–H groups in total. The highest BCUT2D eigenvalue weighted by Crippen LogP contribution is 2.20. The fourth-order valence-electron chi connectivity index (χ4n) is 2.80. The van der Waals surface area contributed by atoms with E-state index in [2.05, 4.69) is 30.7 Å². The van der Waals surface area contributed by atoms with E-state index in [4.69, 9.17) is 4.74 Å². The molecule has 3 heteroatoms. The molecule has 0 aliphatic carbocycles. The average Bonchev–Trinajstić information content (AvgIpc) is 2.69. The van der Waals surface area contributed by atoms with Crippen LogP contribution in [-0.4, -0.2) is 16.6 Å². The highest BCUT2D eigenvalue weighted by atomic mass is 16.5. The van der Waals surface area contributed by atoms with Gasteiger partial charge in [0.15, 0.2) is 5.82 Å². The van der Waals surface area contributed by atoms with Crippen LogP contribution in [0.4, 0.5) is 0 Å². The van der Waals surface area contributed by atoms with Crippen molar-refractivity contribution in [2.45, 2.75) is 72.1 Å². The summed E-state index contributed by atoms with van der Waals surface area (Å²) in [7, 11) is 0. The fourth-order valence-corrected chi connectivity index (χ4v) is 2.80. The second kappa shape index (κ2) is 11.7. The highest BCUT2D eigenvalue weighted by molar-refractivity contribution is 5.55. The third-order valence-corrected chi connectivity index (χ3v) is 4.87. The number of unbranched alkanes of at least 4 members (excludes halogenated alkanes) is 5. The van der Waals surface area contributed by atoms with E-state index in [1.807, 2.05) is 36.7 Å². The van der Waals surface area contributed by atoms with Crippen molar-refractivity contribution >= 4 is 0 Å². The molecule has 1 unspecified atom stereocenters. The van der Waals surface area contributed by atoms with E-state index in [0.29, 0.717) is 5.92 Å². The second-order valence-corrected chi connectivity index (χ2v) is 7.28. The fraction of sp³-hybridized carbons (Fsp3) is 0.565. The van der Waals surface area contributed by atoms with Crippen LogP contribution < -0.4 is 4.74 Å². The highest BCUT2D eigenvalue weighted by Gasteiger charge is 2.04. The van der Waals surface area contributed by atoms with Crippen molar-refractivity contribution in [2.24, 2.45) is 5.92 Å². The normalized spacial score (nSPS) is 12.1. The van der Waals surface area contributed by atoms with Crippen molar-refractivity contribution in [1.29, 1.82) is 0 Å². The molecule has 0 radical (unpaired) electrons. The van der Waals surface area contributed by atoms with Crippen LogP contribution in [0.25, 0.3) is 11.4 Å². The van der Waals surface area contributed by atoms with Gasteiger partial charge in [0.25, 0.3) is 0 Å². The number of aryl methyl sites for hydroxylation is 1. The molecule has 142 valence electrons. The summed E-state index contributed by atoms with van der Waals surface area (Å²) < 4.78 is 5.81. The van der Waals surface area contributed by atoms with Gasteiger partial charge < -0.3 is 4.74 Å². The minimum absolute atomic E-state index is 0.581. The van der Waals surface area contributed by atoms with Gasteiger partial charge in [0.1, 0.15) is 5.75 Å². The maximum Gasteiger partial charge on any atom is 0.159 e. The first-order valence-corrected chi connectivity index (χ1v) is 10.3. The smallest absolute Gasteiger partial charge is 0.159 e. The zero-order valence-electron chi connectivity index (χ0n) is 16.7. The molecule has 0 fully saturated rings. The molecule has 0 saturated carbocycles. The molecule has 0 aliphatic rings. The van der Waals surface area contributed by atoms with E-state index in [1.165, 1.54) is 44.1 Å². The SMILES string of the molecule is CCCCCCCCc1cnc(-c2ccc(OCC(C)CC)cc2)nc1. The lowest BCUT2D eigenvalue weighted by molar-refractivity contribution is 0.256.